The molecule has 1 saturated carbocycles. The van der Waals surface area contributed by atoms with E-state index in [4.69, 9.17) is 4.98 Å². The summed E-state index contributed by atoms with van der Waals surface area (Å²) in [6.45, 7) is 3.03. The van der Waals surface area contributed by atoms with Crippen LogP contribution in [0.3, 0.4) is 0 Å². The molecule has 1 unspecified atom stereocenters. The first-order valence-electron chi connectivity index (χ1n) is 8.91. The second-order valence-corrected chi connectivity index (χ2v) is 7.07. The van der Waals surface area contributed by atoms with E-state index in [1.54, 1.807) is 12.3 Å². The zero-order valence-corrected chi connectivity index (χ0v) is 14.0. The van der Waals surface area contributed by atoms with Crippen molar-refractivity contribution in [1.29, 1.82) is 0 Å². The van der Waals surface area contributed by atoms with Gasteiger partial charge in [0.05, 0.1) is 6.54 Å². The highest BCUT2D eigenvalue weighted by atomic mass is 19.1. The van der Waals surface area contributed by atoms with Crippen LogP contribution in [0, 0.1) is 6.92 Å². The Morgan fingerprint density at radius 3 is 2.75 bits per heavy atom. The molecule has 1 aliphatic heterocycles. The first-order valence-corrected chi connectivity index (χ1v) is 8.91. The minimum absolute atomic E-state index is 0.0126. The fourth-order valence-corrected chi connectivity index (χ4v) is 4.04. The first kappa shape index (κ1) is 15.5. The minimum Gasteiger partial charge on any atom is -0.338 e. The number of anilines is 1. The maximum absolute atomic E-state index is 13.7. The largest absolute Gasteiger partial charge is 0.338 e. The lowest BCUT2D eigenvalue weighted by Crippen LogP contribution is -2.37. The van der Waals surface area contributed by atoms with Crippen molar-refractivity contribution in [3.8, 4) is 0 Å². The molecule has 0 bridgehead atoms. The summed E-state index contributed by atoms with van der Waals surface area (Å²) in [5.74, 6) is 0.543. The quantitative estimate of drug-likeness (QED) is 0.849. The van der Waals surface area contributed by atoms with E-state index in [0.29, 0.717) is 24.6 Å². The number of aryl methyl sites for hydroxylation is 1. The Kier molecular flexibility index (Phi) is 3.98. The van der Waals surface area contributed by atoms with Gasteiger partial charge in [0.1, 0.15) is 11.8 Å². The van der Waals surface area contributed by atoms with Gasteiger partial charge in [0.2, 0.25) is 5.95 Å². The lowest BCUT2D eigenvalue weighted by atomic mass is 10.1. The molecule has 2 aliphatic rings. The molecule has 0 N–H and O–H groups in total. The average molecular weight is 330 g/mol. The van der Waals surface area contributed by atoms with Gasteiger partial charge in [-0.15, -0.1) is 0 Å². The van der Waals surface area contributed by atoms with Crippen LogP contribution >= 0.6 is 0 Å². The van der Waals surface area contributed by atoms with Crippen LogP contribution < -0.4 is 10.5 Å². The molecule has 0 radical (unpaired) electrons. The van der Waals surface area contributed by atoms with Crippen molar-refractivity contribution >= 4 is 17.0 Å². The summed E-state index contributed by atoms with van der Waals surface area (Å²) in [5, 5.41) is 0.916. The number of rotatable bonds is 2. The Labute approximate surface area is 140 Å². The van der Waals surface area contributed by atoms with Gasteiger partial charge in [-0.3, -0.25) is 9.36 Å². The molecular weight excluding hydrogens is 307 g/mol. The molecule has 3 heterocycles. The number of halogens is 1. The molecule has 0 aromatic carbocycles. The van der Waals surface area contributed by atoms with Crippen LogP contribution in [0.5, 0.6) is 0 Å². The number of aromatic nitrogens is 3. The maximum atomic E-state index is 13.7. The highest BCUT2D eigenvalue weighted by molar-refractivity contribution is 5.79. The summed E-state index contributed by atoms with van der Waals surface area (Å²) in [5.41, 5.74) is 1.62. The van der Waals surface area contributed by atoms with Crippen molar-refractivity contribution in [3.63, 3.8) is 0 Å². The van der Waals surface area contributed by atoms with Gasteiger partial charge in [-0.25, -0.2) is 9.37 Å². The Morgan fingerprint density at radius 2 is 2.00 bits per heavy atom. The molecule has 0 spiro atoms. The average Bonchev–Trinajstić information content (AvgIpc) is 3.08. The molecule has 6 heteroatoms. The van der Waals surface area contributed by atoms with Crippen molar-refractivity contribution in [2.75, 3.05) is 18.0 Å². The number of fused-ring (bicyclic) bond motifs is 1. The number of piperidine rings is 1. The molecule has 0 amide bonds. The molecule has 2 aromatic rings. The Balaban J connectivity index is 1.84. The zero-order valence-electron chi connectivity index (χ0n) is 14.0. The molecular formula is C18H23FN4O. The van der Waals surface area contributed by atoms with Crippen LogP contribution in [0.25, 0.3) is 11.0 Å². The molecule has 24 heavy (non-hydrogen) atoms. The van der Waals surface area contributed by atoms with Gasteiger partial charge >= 0.3 is 0 Å². The van der Waals surface area contributed by atoms with E-state index in [1.807, 2.05) is 16.4 Å². The summed E-state index contributed by atoms with van der Waals surface area (Å²) in [7, 11) is 0. The van der Waals surface area contributed by atoms with Crippen LogP contribution in [0.4, 0.5) is 10.3 Å². The van der Waals surface area contributed by atoms with Crippen molar-refractivity contribution in [2.45, 2.75) is 57.7 Å². The summed E-state index contributed by atoms with van der Waals surface area (Å²) in [6.07, 6.45) is 6.73. The predicted molar refractivity (Wildman–Crippen MR) is 92.4 cm³/mol. The zero-order chi connectivity index (χ0) is 16.7. The van der Waals surface area contributed by atoms with Crippen LogP contribution in [-0.2, 0) is 0 Å². The van der Waals surface area contributed by atoms with Gasteiger partial charge in [-0.2, -0.15) is 4.98 Å². The Bertz CT molecular complexity index is 813. The first-order chi connectivity index (χ1) is 11.6. The topological polar surface area (TPSA) is 51.0 Å². The third kappa shape index (κ3) is 2.68. The van der Waals surface area contributed by atoms with Crippen molar-refractivity contribution < 1.29 is 4.39 Å². The molecule has 2 aromatic heterocycles. The Hall–Kier alpha value is -1.98. The van der Waals surface area contributed by atoms with Crippen LogP contribution in [0.1, 0.15) is 50.1 Å². The van der Waals surface area contributed by atoms with E-state index in [0.717, 1.165) is 49.6 Å². The number of hydrogen-bond donors (Lipinski definition) is 0. The molecule has 1 aliphatic carbocycles. The molecule has 1 saturated heterocycles. The van der Waals surface area contributed by atoms with E-state index in [9.17, 15) is 9.18 Å². The second kappa shape index (κ2) is 6.15. The summed E-state index contributed by atoms with van der Waals surface area (Å²) >= 11 is 0. The summed E-state index contributed by atoms with van der Waals surface area (Å²) in [4.78, 5) is 23.7. The van der Waals surface area contributed by atoms with Gasteiger partial charge in [0.25, 0.3) is 5.56 Å². The Morgan fingerprint density at radius 1 is 1.21 bits per heavy atom. The lowest BCUT2D eigenvalue weighted by Gasteiger charge is -2.29. The monoisotopic (exact) mass is 330 g/mol. The number of pyridine rings is 1. The predicted octanol–water partition coefficient (Wildman–Crippen LogP) is 3.15. The van der Waals surface area contributed by atoms with Gasteiger partial charge in [0.15, 0.2) is 0 Å². The van der Waals surface area contributed by atoms with Crippen LogP contribution in [-0.4, -0.2) is 33.8 Å². The second-order valence-electron chi connectivity index (χ2n) is 7.07. The fraction of sp³-hybridized carbons (Fsp3) is 0.611. The third-order valence-corrected chi connectivity index (χ3v) is 5.32. The standard InChI is InChI=1S/C18H23FN4O/c1-12-9-16(24)23(14-6-2-3-7-14)17-15(12)10-20-18(21-17)22-8-4-5-13(19)11-22/h9-10,13-14H,2-8,11H2,1H3. The minimum atomic E-state index is -0.826. The number of nitrogens with zero attached hydrogens (tertiary/aromatic N) is 4. The van der Waals surface area contributed by atoms with Gasteiger partial charge in [-0.1, -0.05) is 12.8 Å². The fourth-order valence-electron chi connectivity index (χ4n) is 4.04. The molecule has 1 atom stereocenters. The van der Waals surface area contributed by atoms with E-state index in [2.05, 4.69) is 4.98 Å². The highest BCUT2D eigenvalue weighted by Gasteiger charge is 2.24. The molecule has 4 rings (SSSR count). The highest BCUT2D eigenvalue weighted by Crippen LogP contribution is 2.31. The van der Waals surface area contributed by atoms with Crippen molar-refractivity contribution in [1.82, 2.24) is 14.5 Å². The van der Waals surface area contributed by atoms with E-state index >= 15 is 0 Å². The van der Waals surface area contributed by atoms with E-state index in [-0.39, 0.29) is 11.6 Å². The maximum Gasteiger partial charge on any atom is 0.252 e. The van der Waals surface area contributed by atoms with E-state index < -0.39 is 6.17 Å². The van der Waals surface area contributed by atoms with Gasteiger partial charge < -0.3 is 4.90 Å². The normalized spacial score (nSPS) is 22.4. The van der Waals surface area contributed by atoms with Crippen LogP contribution in [0.2, 0.25) is 0 Å². The summed E-state index contributed by atoms with van der Waals surface area (Å²) < 4.78 is 15.6. The van der Waals surface area contributed by atoms with Gasteiger partial charge in [-0.05, 0) is 38.2 Å². The van der Waals surface area contributed by atoms with Gasteiger partial charge in [0, 0.05) is 30.2 Å². The van der Waals surface area contributed by atoms with E-state index in [1.165, 1.54) is 0 Å². The van der Waals surface area contributed by atoms with Crippen molar-refractivity contribution in [2.24, 2.45) is 0 Å². The molecule has 5 nitrogen and oxygen atoms in total. The number of hydrogen-bond acceptors (Lipinski definition) is 4. The molecule has 2 fully saturated rings. The lowest BCUT2D eigenvalue weighted by molar-refractivity contribution is 0.285. The third-order valence-electron chi connectivity index (χ3n) is 5.32. The van der Waals surface area contributed by atoms with Crippen LogP contribution in [0.15, 0.2) is 17.1 Å². The summed E-state index contributed by atoms with van der Waals surface area (Å²) in [6, 6.07) is 1.90. The molecule has 128 valence electrons. The number of alkyl halides is 1. The SMILES string of the molecule is Cc1cc(=O)n(C2CCCC2)c2nc(N3CCCC(F)C3)ncc12. The van der Waals surface area contributed by atoms with Crippen molar-refractivity contribution in [3.05, 3.63) is 28.2 Å². The smallest absolute Gasteiger partial charge is 0.252 e.